The van der Waals surface area contributed by atoms with Crippen LogP contribution in [0.15, 0.2) is 16.3 Å². The van der Waals surface area contributed by atoms with Crippen molar-refractivity contribution in [3.63, 3.8) is 0 Å². The fourth-order valence-corrected chi connectivity index (χ4v) is 6.22. The maximum absolute atomic E-state index is 12.7. The van der Waals surface area contributed by atoms with Gasteiger partial charge in [-0.3, -0.25) is 4.79 Å². The molecule has 3 heterocycles. The van der Waals surface area contributed by atoms with E-state index < -0.39 is 27.9 Å². The molecule has 7 nitrogen and oxygen atoms in total. The zero-order valence-corrected chi connectivity index (χ0v) is 15.7. The summed E-state index contributed by atoms with van der Waals surface area (Å²) in [6.45, 7) is 3.50. The molecule has 1 unspecified atom stereocenters. The van der Waals surface area contributed by atoms with Gasteiger partial charge in [0.1, 0.15) is 10.3 Å². The van der Waals surface area contributed by atoms with Crippen LogP contribution in [0.4, 0.5) is 0 Å². The molecule has 2 aliphatic rings. The number of carboxylic acid groups (broad SMARTS) is 1. The number of hydrogen-bond acceptors (Lipinski definition) is 5. The maximum atomic E-state index is 12.7. The van der Waals surface area contributed by atoms with Crippen molar-refractivity contribution in [3.8, 4) is 0 Å². The lowest BCUT2D eigenvalue weighted by Crippen LogP contribution is -2.40. The minimum absolute atomic E-state index is 0.150. The molecule has 0 spiro atoms. The molecule has 1 atom stereocenters. The summed E-state index contributed by atoms with van der Waals surface area (Å²) in [6.07, 6.45) is 2.75. The summed E-state index contributed by atoms with van der Waals surface area (Å²) in [6, 6.07) is 2.12. The van der Waals surface area contributed by atoms with Crippen LogP contribution < -0.4 is 0 Å². The van der Waals surface area contributed by atoms with Crippen LogP contribution in [-0.2, 0) is 14.8 Å². The number of carbonyl (C=O) groups excluding carboxylic acids is 1. The molecule has 3 rings (SSSR count). The average Bonchev–Trinajstić information content (AvgIpc) is 3.24. The first-order chi connectivity index (χ1) is 11.8. The summed E-state index contributed by atoms with van der Waals surface area (Å²) >= 11 is 0.929. The number of aliphatic carboxylic acids is 1. The summed E-state index contributed by atoms with van der Waals surface area (Å²) in [4.78, 5) is 25.4. The van der Waals surface area contributed by atoms with E-state index in [0.29, 0.717) is 38.4 Å². The van der Waals surface area contributed by atoms with Crippen LogP contribution in [-0.4, -0.2) is 60.3 Å². The number of nitrogens with zero attached hydrogens (tertiary/aromatic N) is 2. The van der Waals surface area contributed by atoms with Gasteiger partial charge in [-0.25, -0.2) is 13.2 Å². The van der Waals surface area contributed by atoms with E-state index in [1.165, 1.54) is 21.3 Å². The Hall–Kier alpha value is -1.45. The minimum atomic E-state index is -3.59. The molecule has 0 radical (unpaired) electrons. The third-order valence-electron chi connectivity index (χ3n) is 4.93. The second-order valence-electron chi connectivity index (χ2n) is 6.70. The Bertz CT molecular complexity index is 765. The largest absolute Gasteiger partial charge is 0.480 e. The topological polar surface area (TPSA) is 95.0 Å². The van der Waals surface area contributed by atoms with E-state index in [-0.39, 0.29) is 9.09 Å². The highest BCUT2D eigenvalue weighted by molar-refractivity contribution is 7.91. The van der Waals surface area contributed by atoms with Crippen LogP contribution in [0, 0.1) is 5.92 Å². The molecule has 1 N–H and O–H groups in total. The fourth-order valence-electron chi connectivity index (χ4n) is 3.33. The van der Waals surface area contributed by atoms with Crippen molar-refractivity contribution >= 4 is 33.2 Å². The van der Waals surface area contributed by atoms with E-state index in [4.69, 9.17) is 0 Å². The monoisotopic (exact) mass is 386 g/mol. The Morgan fingerprint density at radius 2 is 1.84 bits per heavy atom. The Labute approximate surface area is 151 Å². The van der Waals surface area contributed by atoms with Crippen molar-refractivity contribution in [2.45, 2.75) is 42.9 Å². The third-order valence-corrected chi connectivity index (χ3v) is 8.37. The molecule has 1 aromatic heterocycles. The highest BCUT2D eigenvalue weighted by Crippen LogP contribution is 2.30. The summed E-state index contributed by atoms with van der Waals surface area (Å²) in [5.41, 5.74) is 0. The first kappa shape index (κ1) is 18.3. The molecule has 1 aromatic rings. The van der Waals surface area contributed by atoms with Crippen molar-refractivity contribution < 1.29 is 23.1 Å². The lowest BCUT2D eigenvalue weighted by molar-refractivity contribution is -0.141. The molecule has 0 aliphatic carbocycles. The number of carboxylic acids is 1. The molecular formula is C16H22N2O5S2. The molecule has 25 heavy (non-hydrogen) atoms. The maximum Gasteiger partial charge on any atom is 0.326 e. The van der Waals surface area contributed by atoms with Crippen molar-refractivity contribution in [1.29, 1.82) is 0 Å². The molecule has 0 saturated carbocycles. The van der Waals surface area contributed by atoms with Crippen LogP contribution in [0.1, 0.15) is 42.3 Å². The summed E-state index contributed by atoms with van der Waals surface area (Å²) in [5, 5.41) is 9.21. The Morgan fingerprint density at radius 3 is 2.48 bits per heavy atom. The Kier molecular flexibility index (Phi) is 5.17. The van der Waals surface area contributed by atoms with Crippen molar-refractivity contribution in [2.24, 2.45) is 5.92 Å². The van der Waals surface area contributed by atoms with E-state index in [2.05, 4.69) is 6.92 Å². The average molecular weight is 386 g/mol. The smallest absolute Gasteiger partial charge is 0.326 e. The summed E-state index contributed by atoms with van der Waals surface area (Å²) in [7, 11) is -3.59. The number of hydrogen-bond donors (Lipinski definition) is 1. The first-order valence-electron chi connectivity index (χ1n) is 8.44. The second-order valence-corrected chi connectivity index (χ2v) is 9.95. The number of likely N-dealkylation sites (tertiary alicyclic amines) is 1. The van der Waals surface area contributed by atoms with Gasteiger partial charge in [-0.2, -0.15) is 4.31 Å². The normalized spacial score (nSPS) is 23.1. The van der Waals surface area contributed by atoms with Gasteiger partial charge in [0.15, 0.2) is 0 Å². The van der Waals surface area contributed by atoms with Gasteiger partial charge in [0.25, 0.3) is 15.9 Å². The predicted octanol–water partition coefficient (Wildman–Crippen LogP) is 1.86. The number of amides is 1. The van der Waals surface area contributed by atoms with Crippen LogP contribution in [0.5, 0.6) is 0 Å². The van der Waals surface area contributed by atoms with Crippen molar-refractivity contribution in [1.82, 2.24) is 9.21 Å². The van der Waals surface area contributed by atoms with Crippen molar-refractivity contribution in [3.05, 3.63) is 17.0 Å². The van der Waals surface area contributed by atoms with Crippen molar-refractivity contribution in [2.75, 3.05) is 19.6 Å². The zero-order valence-electron chi connectivity index (χ0n) is 14.1. The molecule has 2 aliphatic heterocycles. The molecule has 138 valence electrons. The summed E-state index contributed by atoms with van der Waals surface area (Å²) < 4.78 is 27.1. The molecule has 9 heteroatoms. The quantitative estimate of drug-likeness (QED) is 0.852. The van der Waals surface area contributed by atoms with Crippen LogP contribution in [0.2, 0.25) is 0 Å². The number of thiophene rings is 1. The van der Waals surface area contributed by atoms with E-state index in [1.807, 2.05) is 0 Å². The second kappa shape index (κ2) is 7.05. The van der Waals surface area contributed by atoms with Gasteiger partial charge < -0.3 is 10.0 Å². The standard InChI is InChI=1S/C16H22N2O5S2/c1-11-6-9-17(10-7-11)25(22,23)14-5-4-13(24-14)15(19)18-8-2-3-12(18)16(20)21/h4-5,11-12H,2-3,6-10H2,1H3,(H,20,21). The number of sulfonamides is 1. The number of carbonyl (C=O) groups is 2. The van der Waals surface area contributed by atoms with E-state index >= 15 is 0 Å². The van der Waals surface area contributed by atoms with Gasteiger partial charge in [0.2, 0.25) is 0 Å². The van der Waals surface area contributed by atoms with Gasteiger partial charge in [0, 0.05) is 19.6 Å². The lowest BCUT2D eigenvalue weighted by Gasteiger charge is -2.28. The molecule has 2 fully saturated rings. The highest BCUT2D eigenvalue weighted by atomic mass is 32.2. The molecular weight excluding hydrogens is 364 g/mol. The van der Waals surface area contributed by atoms with E-state index in [1.54, 1.807) is 0 Å². The van der Waals surface area contributed by atoms with Crippen LogP contribution in [0.25, 0.3) is 0 Å². The van der Waals surface area contributed by atoms with Crippen LogP contribution in [0.3, 0.4) is 0 Å². The van der Waals surface area contributed by atoms with Crippen LogP contribution >= 0.6 is 11.3 Å². The minimum Gasteiger partial charge on any atom is -0.480 e. The molecule has 2 saturated heterocycles. The summed E-state index contributed by atoms with van der Waals surface area (Å²) in [5.74, 6) is -0.892. The van der Waals surface area contributed by atoms with Gasteiger partial charge in [0.05, 0.1) is 4.88 Å². The Balaban J connectivity index is 1.78. The highest BCUT2D eigenvalue weighted by Gasteiger charge is 2.36. The Morgan fingerprint density at radius 1 is 1.16 bits per heavy atom. The zero-order chi connectivity index (χ0) is 18.2. The van der Waals surface area contributed by atoms with E-state index in [0.717, 1.165) is 24.2 Å². The number of piperidine rings is 1. The lowest BCUT2D eigenvalue weighted by atomic mass is 10.0. The SMILES string of the molecule is CC1CCN(S(=O)(=O)c2ccc(C(=O)N3CCCC3C(=O)O)s2)CC1. The predicted molar refractivity (Wildman–Crippen MR) is 93.2 cm³/mol. The van der Waals surface area contributed by atoms with Gasteiger partial charge in [-0.1, -0.05) is 6.92 Å². The van der Waals surface area contributed by atoms with E-state index in [9.17, 15) is 23.1 Å². The molecule has 0 bridgehead atoms. The number of rotatable bonds is 4. The van der Waals surface area contributed by atoms with Gasteiger partial charge in [-0.15, -0.1) is 11.3 Å². The third kappa shape index (κ3) is 3.58. The van der Waals surface area contributed by atoms with Gasteiger partial charge in [-0.05, 0) is 43.7 Å². The van der Waals surface area contributed by atoms with Gasteiger partial charge >= 0.3 is 5.97 Å². The first-order valence-corrected chi connectivity index (χ1v) is 10.7. The molecule has 0 aromatic carbocycles. The fraction of sp³-hybridized carbons (Fsp3) is 0.625. The molecule has 1 amide bonds.